The van der Waals surface area contributed by atoms with Gasteiger partial charge in [0.2, 0.25) is 5.91 Å². The summed E-state index contributed by atoms with van der Waals surface area (Å²) in [5.41, 5.74) is 0.239. The molecule has 1 atom stereocenters. The van der Waals surface area contributed by atoms with Gasteiger partial charge in [-0.1, -0.05) is 73.9 Å². The average molecular weight is 488 g/mol. The number of fused-ring (bicyclic) bond motifs is 1. The second-order valence-corrected chi connectivity index (χ2v) is 9.91. The topological polar surface area (TPSA) is 69.7 Å². The van der Waals surface area contributed by atoms with Gasteiger partial charge in [-0.3, -0.25) is 14.5 Å². The Balaban J connectivity index is 1.40. The van der Waals surface area contributed by atoms with Gasteiger partial charge in [-0.25, -0.2) is 9.18 Å². The van der Waals surface area contributed by atoms with Crippen molar-refractivity contribution in [3.63, 3.8) is 0 Å². The van der Waals surface area contributed by atoms with Crippen LogP contribution in [0.3, 0.4) is 0 Å². The molecule has 1 aliphatic carbocycles. The van der Waals surface area contributed by atoms with E-state index in [0.717, 1.165) is 53.3 Å². The highest BCUT2D eigenvalue weighted by atomic mass is 19.1. The van der Waals surface area contributed by atoms with Crippen molar-refractivity contribution in [1.82, 2.24) is 15.1 Å². The lowest BCUT2D eigenvalue weighted by atomic mass is 9.88. The van der Waals surface area contributed by atoms with Gasteiger partial charge >= 0.3 is 6.03 Å². The largest absolute Gasteiger partial charge is 0.334 e. The Labute approximate surface area is 210 Å². The minimum atomic E-state index is -1.27. The van der Waals surface area contributed by atoms with Gasteiger partial charge in [-0.15, -0.1) is 0 Å². The first-order valence-corrected chi connectivity index (χ1v) is 12.5. The van der Waals surface area contributed by atoms with Crippen LogP contribution in [0.5, 0.6) is 0 Å². The van der Waals surface area contributed by atoms with E-state index in [4.69, 9.17) is 0 Å². The summed E-state index contributed by atoms with van der Waals surface area (Å²) in [5, 5.41) is 4.69. The zero-order chi connectivity index (χ0) is 25.3. The first-order chi connectivity index (χ1) is 17.4. The van der Waals surface area contributed by atoms with E-state index in [-0.39, 0.29) is 24.3 Å². The minimum absolute atomic E-state index is 0.0292. The molecule has 2 fully saturated rings. The van der Waals surface area contributed by atoms with Gasteiger partial charge in [-0.05, 0) is 53.8 Å². The highest BCUT2D eigenvalue weighted by Gasteiger charge is 2.50. The smallest absolute Gasteiger partial charge is 0.325 e. The number of amides is 4. The number of hydrogen-bond donors (Lipinski definition) is 1. The van der Waals surface area contributed by atoms with Crippen LogP contribution in [0.2, 0.25) is 0 Å². The molecule has 1 aliphatic heterocycles. The van der Waals surface area contributed by atoms with Crippen LogP contribution >= 0.6 is 0 Å². The quantitative estimate of drug-likeness (QED) is 0.492. The van der Waals surface area contributed by atoms with Gasteiger partial charge in [0.05, 0.1) is 0 Å². The Kier molecular flexibility index (Phi) is 6.48. The maximum atomic E-state index is 13.6. The van der Waals surface area contributed by atoms with E-state index < -0.39 is 17.5 Å². The molecule has 0 unspecified atom stereocenters. The number of carbonyl (C=O) groups is 3. The lowest BCUT2D eigenvalue weighted by Gasteiger charge is -2.35. The van der Waals surface area contributed by atoms with E-state index in [1.54, 1.807) is 24.0 Å². The summed E-state index contributed by atoms with van der Waals surface area (Å²) in [5.74, 6) is -1.05. The molecule has 0 aromatic heterocycles. The third-order valence-electron chi connectivity index (χ3n) is 7.50. The van der Waals surface area contributed by atoms with E-state index in [2.05, 4.69) is 5.32 Å². The molecule has 0 bridgehead atoms. The molecule has 1 saturated heterocycles. The number of urea groups is 1. The Morgan fingerprint density at radius 1 is 1.00 bits per heavy atom. The Morgan fingerprint density at radius 3 is 2.44 bits per heavy atom. The normalized spacial score (nSPS) is 20.6. The average Bonchev–Trinajstić information content (AvgIpc) is 3.12. The number of nitrogens with zero attached hydrogens (tertiary/aromatic N) is 2. The third kappa shape index (κ3) is 4.45. The number of nitrogens with one attached hydrogen (secondary N) is 1. The van der Waals surface area contributed by atoms with Crippen LogP contribution in [0.1, 0.15) is 50.2 Å². The molecule has 0 spiro atoms. The lowest BCUT2D eigenvalue weighted by Crippen LogP contribution is -2.48. The van der Waals surface area contributed by atoms with Crippen LogP contribution in [-0.4, -0.2) is 40.2 Å². The van der Waals surface area contributed by atoms with Crippen LogP contribution in [0.25, 0.3) is 10.8 Å². The van der Waals surface area contributed by atoms with Gasteiger partial charge in [0.1, 0.15) is 17.9 Å². The van der Waals surface area contributed by atoms with Gasteiger partial charge < -0.3 is 10.2 Å². The predicted molar refractivity (Wildman–Crippen MR) is 135 cm³/mol. The third-order valence-corrected chi connectivity index (χ3v) is 7.50. The molecule has 2 aliphatic rings. The molecule has 3 aromatic rings. The van der Waals surface area contributed by atoms with Crippen LogP contribution < -0.4 is 5.32 Å². The molecular weight excluding hydrogens is 457 g/mol. The summed E-state index contributed by atoms with van der Waals surface area (Å²) in [7, 11) is 0. The molecule has 1 N–H and O–H groups in total. The predicted octanol–water partition coefficient (Wildman–Crippen LogP) is 5.11. The highest BCUT2D eigenvalue weighted by molar-refractivity contribution is 6.10. The monoisotopic (exact) mass is 487 g/mol. The fourth-order valence-electron chi connectivity index (χ4n) is 5.51. The Bertz CT molecular complexity index is 1300. The number of benzene rings is 3. The maximum absolute atomic E-state index is 13.6. The molecule has 7 heteroatoms. The molecule has 0 radical (unpaired) electrons. The second-order valence-electron chi connectivity index (χ2n) is 9.91. The number of imide groups is 1. The van der Waals surface area contributed by atoms with Crippen molar-refractivity contribution in [3.05, 3.63) is 83.7 Å². The van der Waals surface area contributed by atoms with E-state index in [1.807, 2.05) is 42.5 Å². The number of carbonyl (C=O) groups excluding carboxylic acids is 3. The fraction of sp³-hybridized carbons (Fsp3) is 0.345. The second kappa shape index (κ2) is 9.72. The van der Waals surface area contributed by atoms with Crippen molar-refractivity contribution in [1.29, 1.82) is 0 Å². The molecular formula is C29H30FN3O3. The number of rotatable bonds is 6. The molecule has 36 heavy (non-hydrogen) atoms. The van der Waals surface area contributed by atoms with Crippen molar-refractivity contribution >= 4 is 28.6 Å². The summed E-state index contributed by atoms with van der Waals surface area (Å²) in [6, 6.07) is 18.9. The Morgan fingerprint density at radius 2 is 1.69 bits per heavy atom. The van der Waals surface area contributed by atoms with Crippen LogP contribution in [0, 0.1) is 5.82 Å². The summed E-state index contributed by atoms with van der Waals surface area (Å²) < 4.78 is 13.4. The first kappa shape index (κ1) is 24.0. The van der Waals surface area contributed by atoms with Gasteiger partial charge in [0, 0.05) is 12.6 Å². The van der Waals surface area contributed by atoms with Crippen molar-refractivity contribution in [2.24, 2.45) is 0 Å². The zero-order valence-electron chi connectivity index (χ0n) is 20.4. The highest BCUT2D eigenvalue weighted by Crippen LogP contribution is 2.34. The summed E-state index contributed by atoms with van der Waals surface area (Å²) in [6.07, 6.45) is 4.94. The van der Waals surface area contributed by atoms with E-state index in [9.17, 15) is 18.8 Å². The molecule has 186 valence electrons. The molecule has 3 aromatic carbocycles. The van der Waals surface area contributed by atoms with Crippen molar-refractivity contribution in [3.8, 4) is 0 Å². The molecule has 6 nitrogen and oxygen atoms in total. The minimum Gasteiger partial charge on any atom is -0.334 e. The van der Waals surface area contributed by atoms with Gasteiger partial charge in [0.25, 0.3) is 5.91 Å². The van der Waals surface area contributed by atoms with Crippen LogP contribution in [0.4, 0.5) is 9.18 Å². The molecule has 1 saturated carbocycles. The van der Waals surface area contributed by atoms with E-state index in [1.165, 1.54) is 12.1 Å². The van der Waals surface area contributed by atoms with E-state index >= 15 is 0 Å². The summed E-state index contributed by atoms with van der Waals surface area (Å²) >= 11 is 0. The molecule has 1 heterocycles. The standard InChI is InChI=1S/C29H30FN3O3/c1-29(25-13-7-9-21-8-5-6-12-24(21)25)27(35)33(28(36)31-29)19-26(34)32(23-10-3-2-4-11-23)18-20-14-16-22(30)17-15-20/h5-9,12-17,23H,2-4,10-11,18-19H2,1H3,(H,31,36)/t29-/m0/s1. The maximum Gasteiger partial charge on any atom is 0.325 e. The lowest BCUT2D eigenvalue weighted by molar-refractivity contribution is -0.141. The van der Waals surface area contributed by atoms with Gasteiger partial charge in [0.15, 0.2) is 0 Å². The summed E-state index contributed by atoms with van der Waals surface area (Å²) in [4.78, 5) is 43.1. The first-order valence-electron chi connectivity index (χ1n) is 12.5. The van der Waals surface area contributed by atoms with Crippen LogP contribution in [-0.2, 0) is 21.7 Å². The number of hydrogen-bond acceptors (Lipinski definition) is 3. The summed E-state index contributed by atoms with van der Waals surface area (Å²) in [6.45, 7) is 1.67. The fourth-order valence-corrected chi connectivity index (χ4v) is 5.51. The molecule has 4 amide bonds. The van der Waals surface area contributed by atoms with Gasteiger partial charge in [-0.2, -0.15) is 0 Å². The van der Waals surface area contributed by atoms with Crippen LogP contribution in [0.15, 0.2) is 66.7 Å². The van der Waals surface area contributed by atoms with Crippen molar-refractivity contribution in [2.45, 2.75) is 57.2 Å². The molecule has 5 rings (SSSR count). The van der Waals surface area contributed by atoms with E-state index in [0.29, 0.717) is 12.1 Å². The Hall–Kier alpha value is -3.74. The SMILES string of the molecule is C[C@@]1(c2cccc3ccccc23)NC(=O)N(CC(=O)N(Cc2ccc(F)cc2)C2CCCCC2)C1=O. The number of halogens is 1. The zero-order valence-corrected chi connectivity index (χ0v) is 20.4. The van der Waals surface area contributed by atoms with Crippen molar-refractivity contribution in [2.75, 3.05) is 6.54 Å². The van der Waals surface area contributed by atoms with Crippen molar-refractivity contribution < 1.29 is 18.8 Å².